The minimum atomic E-state index is -3.43. The van der Waals surface area contributed by atoms with E-state index in [9.17, 15) is 8.42 Å². The van der Waals surface area contributed by atoms with Crippen molar-refractivity contribution < 1.29 is 8.42 Å². The second-order valence-corrected chi connectivity index (χ2v) is 6.58. The van der Waals surface area contributed by atoms with Gasteiger partial charge in [0.2, 0.25) is 10.0 Å². The van der Waals surface area contributed by atoms with Gasteiger partial charge in [0, 0.05) is 20.1 Å². The summed E-state index contributed by atoms with van der Waals surface area (Å²) in [5, 5.41) is 7.42. The van der Waals surface area contributed by atoms with Crippen LogP contribution < -0.4 is 5.32 Å². The van der Waals surface area contributed by atoms with Crippen molar-refractivity contribution in [1.82, 2.24) is 19.4 Å². The summed E-state index contributed by atoms with van der Waals surface area (Å²) < 4.78 is 27.9. The Kier molecular flexibility index (Phi) is 5.51. The van der Waals surface area contributed by atoms with Crippen LogP contribution in [-0.4, -0.2) is 49.7 Å². The molecule has 0 aliphatic rings. The molecule has 0 spiro atoms. The maximum Gasteiger partial charge on any atom is 0.246 e. The van der Waals surface area contributed by atoms with Crippen LogP contribution in [0.2, 0.25) is 0 Å². The number of nitrogens with zero attached hydrogens (tertiary/aromatic N) is 3. The van der Waals surface area contributed by atoms with Gasteiger partial charge in [-0.05, 0) is 33.9 Å². The normalized spacial score (nSPS) is 12.3. The molecule has 0 saturated heterocycles. The first-order valence-corrected chi connectivity index (χ1v) is 7.95. The van der Waals surface area contributed by atoms with E-state index in [0.29, 0.717) is 22.8 Å². The summed E-state index contributed by atoms with van der Waals surface area (Å²) in [6.07, 6.45) is 0.918. The zero-order valence-corrected chi connectivity index (χ0v) is 13.2. The summed E-state index contributed by atoms with van der Waals surface area (Å²) in [6.45, 7) is 7.44. The van der Waals surface area contributed by atoms with Crippen LogP contribution in [0.5, 0.6) is 0 Å². The molecule has 0 amide bonds. The van der Waals surface area contributed by atoms with Crippen molar-refractivity contribution >= 4 is 10.0 Å². The van der Waals surface area contributed by atoms with Gasteiger partial charge in [-0.2, -0.15) is 5.10 Å². The number of hydrogen-bond acceptors (Lipinski definition) is 4. The van der Waals surface area contributed by atoms with Gasteiger partial charge < -0.3 is 5.32 Å². The highest BCUT2D eigenvalue weighted by atomic mass is 32.2. The molecular weight excluding hydrogens is 264 g/mol. The molecule has 0 fully saturated rings. The second-order valence-electron chi connectivity index (χ2n) is 4.60. The predicted molar refractivity (Wildman–Crippen MR) is 75.7 cm³/mol. The summed E-state index contributed by atoms with van der Waals surface area (Å²) >= 11 is 0. The molecule has 0 bridgehead atoms. The highest BCUT2D eigenvalue weighted by Crippen LogP contribution is 2.22. The first-order valence-electron chi connectivity index (χ1n) is 6.51. The number of rotatable bonds is 7. The Balaban J connectivity index is 3.10. The molecule has 6 nitrogen and oxygen atoms in total. The van der Waals surface area contributed by atoms with Crippen LogP contribution in [0.25, 0.3) is 0 Å². The largest absolute Gasteiger partial charge is 0.320 e. The third-order valence-electron chi connectivity index (χ3n) is 3.23. The van der Waals surface area contributed by atoms with Gasteiger partial charge in [0.25, 0.3) is 0 Å². The molecular formula is C12H24N4O2S. The molecule has 1 rings (SSSR count). The van der Waals surface area contributed by atoms with Gasteiger partial charge >= 0.3 is 0 Å². The van der Waals surface area contributed by atoms with Gasteiger partial charge in [-0.1, -0.05) is 6.92 Å². The number of aryl methyl sites for hydroxylation is 2. The zero-order valence-electron chi connectivity index (χ0n) is 12.4. The fourth-order valence-corrected chi connectivity index (χ4v) is 3.55. The van der Waals surface area contributed by atoms with E-state index < -0.39 is 10.0 Å². The van der Waals surface area contributed by atoms with Crippen LogP contribution >= 0.6 is 0 Å². The summed E-state index contributed by atoms with van der Waals surface area (Å²) in [4.78, 5) is 0.348. The van der Waals surface area contributed by atoms with Crippen molar-refractivity contribution in [2.75, 3.05) is 27.2 Å². The van der Waals surface area contributed by atoms with Crippen LogP contribution in [0.4, 0.5) is 0 Å². The summed E-state index contributed by atoms with van der Waals surface area (Å²) in [5.41, 5.74) is 1.29. The molecule has 1 aromatic rings. The van der Waals surface area contributed by atoms with E-state index in [4.69, 9.17) is 0 Å². The Labute approximate surface area is 115 Å². The lowest BCUT2D eigenvalue weighted by molar-refractivity contribution is 0.484. The molecule has 0 radical (unpaired) electrons. The molecule has 1 N–H and O–H groups in total. The van der Waals surface area contributed by atoms with Crippen LogP contribution in [0.1, 0.15) is 24.7 Å². The van der Waals surface area contributed by atoms with Gasteiger partial charge in [0.05, 0.1) is 11.4 Å². The Morgan fingerprint density at radius 2 is 2.00 bits per heavy atom. The van der Waals surface area contributed by atoms with E-state index in [1.165, 1.54) is 4.31 Å². The summed E-state index contributed by atoms with van der Waals surface area (Å²) in [7, 11) is 0.0602. The average molecular weight is 288 g/mol. The summed E-state index contributed by atoms with van der Waals surface area (Å²) in [6, 6.07) is 0. The van der Waals surface area contributed by atoms with E-state index in [2.05, 4.69) is 10.4 Å². The van der Waals surface area contributed by atoms with Crippen molar-refractivity contribution in [3.8, 4) is 0 Å². The topological polar surface area (TPSA) is 67.2 Å². The quantitative estimate of drug-likeness (QED) is 0.752. The molecule has 1 aromatic heterocycles. The Hall–Kier alpha value is -0.920. The first-order chi connectivity index (χ1) is 8.86. The molecule has 1 heterocycles. The minimum Gasteiger partial charge on any atom is -0.320 e. The van der Waals surface area contributed by atoms with Crippen molar-refractivity contribution in [1.29, 1.82) is 0 Å². The minimum absolute atomic E-state index is 0.348. The molecule has 0 aromatic carbocycles. The second kappa shape index (κ2) is 6.49. The Morgan fingerprint density at radius 3 is 2.53 bits per heavy atom. The first kappa shape index (κ1) is 16.1. The van der Waals surface area contributed by atoms with Crippen molar-refractivity contribution in [2.45, 2.75) is 38.6 Å². The van der Waals surface area contributed by atoms with Crippen molar-refractivity contribution in [3.05, 3.63) is 11.4 Å². The zero-order chi connectivity index (χ0) is 14.6. The summed E-state index contributed by atoms with van der Waals surface area (Å²) in [5.74, 6) is 0. The highest BCUT2D eigenvalue weighted by Gasteiger charge is 2.27. The fourth-order valence-electron chi connectivity index (χ4n) is 2.00. The van der Waals surface area contributed by atoms with Crippen LogP contribution in [0, 0.1) is 13.8 Å². The van der Waals surface area contributed by atoms with E-state index in [-0.39, 0.29) is 0 Å². The third kappa shape index (κ3) is 3.34. The number of aromatic nitrogens is 2. The van der Waals surface area contributed by atoms with Gasteiger partial charge in [-0.3, -0.25) is 4.68 Å². The van der Waals surface area contributed by atoms with Crippen molar-refractivity contribution in [3.63, 3.8) is 0 Å². The molecule has 0 atom stereocenters. The number of nitrogens with one attached hydrogen (secondary N) is 1. The van der Waals surface area contributed by atoms with Crippen LogP contribution in [-0.2, 0) is 16.6 Å². The molecule has 110 valence electrons. The van der Waals surface area contributed by atoms with Crippen molar-refractivity contribution in [2.24, 2.45) is 0 Å². The van der Waals surface area contributed by atoms with E-state index in [0.717, 1.165) is 19.5 Å². The lowest BCUT2D eigenvalue weighted by Crippen LogP contribution is -2.27. The molecule has 19 heavy (non-hydrogen) atoms. The number of sulfonamides is 1. The van der Waals surface area contributed by atoms with Gasteiger partial charge in [0.15, 0.2) is 0 Å². The Morgan fingerprint density at radius 1 is 1.37 bits per heavy atom. The molecule has 7 heteroatoms. The van der Waals surface area contributed by atoms with Gasteiger partial charge in [0.1, 0.15) is 4.90 Å². The maximum absolute atomic E-state index is 12.4. The van der Waals surface area contributed by atoms with Gasteiger partial charge in [-0.25, -0.2) is 12.7 Å². The van der Waals surface area contributed by atoms with Gasteiger partial charge in [-0.15, -0.1) is 0 Å². The highest BCUT2D eigenvalue weighted by molar-refractivity contribution is 7.89. The van der Waals surface area contributed by atoms with E-state index in [1.54, 1.807) is 18.7 Å². The maximum atomic E-state index is 12.4. The Bertz CT molecular complexity index is 522. The molecule has 0 unspecified atom stereocenters. The molecule has 0 saturated carbocycles. The van der Waals surface area contributed by atoms with Crippen LogP contribution in [0.15, 0.2) is 4.90 Å². The number of hydrogen-bond donors (Lipinski definition) is 1. The third-order valence-corrected chi connectivity index (χ3v) is 5.41. The van der Waals surface area contributed by atoms with E-state index >= 15 is 0 Å². The predicted octanol–water partition coefficient (Wildman–Crippen LogP) is 0.750. The smallest absolute Gasteiger partial charge is 0.246 e. The fraction of sp³-hybridized carbons (Fsp3) is 0.750. The van der Waals surface area contributed by atoms with Crippen LogP contribution in [0.3, 0.4) is 0 Å². The molecule has 0 aliphatic heterocycles. The SMILES string of the molecule is CCN(C)S(=O)(=O)c1c(C)nn(CCCNC)c1C. The average Bonchev–Trinajstić information content (AvgIpc) is 2.64. The monoisotopic (exact) mass is 288 g/mol. The van der Waals surface area contributed by atoms with E-state index in [1.807, 2.05) is 20.9 Å². The lowest BCUT2D eigenvalue weighted by Gasteiger charge is -2.15. The standard InChI is InChI=1S/C12H24N4O2S/c1-6-15(5)19(17,18)12-10(2)14-16(11(12)3)9-7-8-13-4/h13H,6-9H2,1-5H3. The molecule has 0 aliphatic carbocycles. The lowest BCUT2D eigenvalue weighted by atomic mass is 10.4.